The van der Waals surface area contributed by atoms with Gasteiger partial charge in [0.05, 0.1) is 5.41 Å². The molecule has 3 aliphatic rings. The third-order valence-corrected chi connectivity index (χ3v) is 5.50. The Morgan fingerprint density at radius 2 is 2.13 bits per heavy atom. The fraction of sp³-hybridized carbons (Fsp3) is 0.812. The van der Waals surface area contributed by atoms with Gasteiger partial charge < -0.3 is 14.2 Å². The van der Waals surface area contributed by atoms with Gasteiger partial charge in [-0.2, -0.15) is 0 Å². The molecular weight excluding hydrogens is 307 g/mol. The molecule has 0 aromatic carbocycles. The number of fused-ring (bicyclic) bond motifs is 1. The minimum Gasteiger partial charge on any atom is -0.456 e. The summed E-state index contributed by atoms with van der Waals surface area (Å²) < 4.78 is 29.8. The normalized spacial score (nSPS) is 37.7. The highest BCUT2D eigenvalue weighted by Gasteiger charge is 2.72. The first kappa shape index (κ1) is 16.2. The molecule has 128 valence electrons. The van der Waals surface area contributed by atoms with Crippen molar-refractivity contribution in [1.82, 2.24) is 0 Å². The van der Waals surface area contributed by atoms with Crippen molar-refractivity contribution in [3.63, 3.8) is 0 Å². The Kier molecular flexibility index (Phi) is 3.65. The molecule has 3 fully saturated rings. The molecule has 1 saturated heterocycles. The number of esters is 3. The Bertz CT molecular complexity index is 559. The molecule has 1 aliphatic heterocycles. The van der Waals surface area contributed by atoms with Crippen LogP contribution in [0.2, 0.25) is 0 Å². The Labute approximate surface area is 133 Å². The SMILES string of the molecule is CCC(C)(C)C(=O)OCC(=O)OC1C2CC3C1OC(=O)C3(F)C2. The van der Waals surface area contributed by atoms with Crippen LogP contribution in [-0.2, 0) is 28.6 Å². The van der Waals surface area contributed by atoms with Gasteiger partial charge in [-0.1, -0.05) is 6.92 Å². The fourth-order valence-electron chi connectivity index (χ4n) is 3.69. The van der Waals surface area contributed by atoms with E-state index in [0.29, 0.717) is 12.8 Å². The van der Waals surface area contributed by atoms with Crippen molar-refractivity contribution < 1.29 is 33.0 Å². The summed E-state index contributed by atoms with van der Waals surface area (Å²) in [6, 6.07) is 0. The standard InChI is InChI=1S/C16H21FO6/c1-4-15(2,3)13(19)21-7-10(18)22-11-8-5-9-12(11)23-14(20)16(9,17)6-8/h8-9,11-12H,4-7H2,1-3H3. The van der Waals surface area contributed by atoms with E-state index in [1.165, 1.54) is 0 Å². The van der Waals surface area contributed by atoms with E-state index in [4.69, 9.17) is 14.2 Å². The molecule has 2 saturated carbocycles. The number of alkyl halides is 1. The van der Waals surface area contributed by atoms with E-state index in [0.717, 1.165) is 0 Å². The van der Waals surface area contributed by atoms with E-state index in [-0.39, 0.29) is 12.3 Å². The van der Waals surface area contributed by atoms with Crippen molar-refractivity contribution >= 4 is 17.9 Å². The Balaban J connectivity index is 1.55. The van der Waals surface area contributed by atoms with Gasteiger partial charge in [0.1, 0.15) is 12.2 Å². The van der Waals surface area contributed by atoms with Gasteiger partial charge >= 0.3 is 17.9 Å². The number of halogens is 1. The van der Waals surface area contributed by atoms with Crippen LogP contribution in [-0.4, -0.2) is 42.4 Å². The van der Waals surface area contributed by atoms with E-state index >= 15 is 0 Å². The number of carbonyl (C=O) groups is 3. The van der Waals surface area contributed by atoms with Crippen molar-refractivity contribution in [3.05, 3.63) is 0 Å². The third-order valence-electron chi connectivity index (χ3n) is 5.50. The maximum absolute atomic E-state index is 14.4. The van der Waals surface area contributed by atoms with Gasteiger partial charge in [-0.3, -0.25) is 4.79 Å². The average molecular weight is 328 g/mol. The van der Waals surface area contributed by atoms with E-state index in [2.05, 4.69) is 0 Å². The number of hydrogen-bond acceptors (Lipinski definition) is 6. The summed E-state index contributed by atoms with van der Waals surface area (Å²) in [6.45, 7) is 4.83. The first-order chi connectivity index (χ1) is 10.7. The summed E-state index contributed by atoms with van der Waals surface area (Å²) in [5.41, 5.74) is -2.57. The van der Waals surface area contributed by atoms with Gasteiger partial charge in [0.25, 0.3) is 0 Å². The van der Waals surface area contributed by atoms with Gasteiger partial charge in [-0.05, 0) is 33.1 Å². The van der Waals surface area contributed by atoms with Gasteiger partial charge in [-0.15, -0.1) is 0 Å². The smallest absolute Gasteiger partial charge is 0.344 e. The highest BCUT2D eigenvalue weighted by Crippen LogP contribution is 2.59. The highest BCUT2D eigenvalue weighted by molar-refractivity contribution is 5.84. The largest absolute Gasteiger partial charge is 0.456 e. The molecule has 5 unspecified atom stereocenters. The zero-order valence-electron chi connectivity index (χ0n) is 13.5. The summed E-state index contributed by atoms with van der Waals surface area (Å²) in [5, 5.41) is 0. The maximum Gasteiger partial charge on any atom is 0.344 e. The number of hydrogen-bond donors (Lipinski definition) is 0. The van der Waals surface area contributed by atoms with Crippen LogP contribution in [0, 0.1) is 17.3 Å². The molecule has 0 aromatic heterocycles. The minimum absolute atomic E-state index is 0.0353. The third kappa shape index (κ3) is 2.40. The minimum atomic E-state index is -1.91. The Hall–Kier alpha value is -1.66. The molecule has 0 radical (unpaired) electrons. The van der Waals surface area contributed by atoms with Crippen LogP contribution in [0.3, 0.4) is 0 Å². The summed E-state index contributed by atoms with van der Waals surface area (Å²) in [5.74, 6) is -2.76. The quantitative estimate of drug-likeness (QED) is 0.563. The maximum atomic E-state index is 14.4. The van der Waals surface area contributed by atoms with E-state index < -0.39 is 53.7 Å². The second kappa shape index (κ2) is 5.18. The van der Waals surface area contributed by atoms with Crippen molar-refractivity contribution in [2.24, 2.45) is 17.3 Å². The first-order valence-corrected chi connectivity index (χ1v) is 7.95. The molecule has 6 nitrogen and oxygen atoms in total. The van der Waals surface area contributed by atoms with Gasteiger partial charge in [-0.25, -0.2) is 14.0 Å². The molecule has 0 N–H and O–H groups in total. The monoisotopic (exact) mass is 328 g/mol. The summed E-state index contributed by atoms with van der Waals surface area (Å²) >= 11 is 0. The summed E-state index contributed by atoms with van der Waals surface area (Å²) in [4.78, 5) is 35.3. The topological polar surface area (TPSA) is 78.9 Å². The lowest BCUT2D eigenvalue weighted by molar-refractivity contribution is -0.172. The van der Waals surface area contributed by atoms with Crippen molar-refractivity contribution in [2.45, 2.75) is 57.9 Å². The average Bonchev–Trinajstić information content (AvgIpc) is 3.05. The van der Waals surface area contributed by atoms with E-state index in [1.807, 2.05) is 6.92 Å². The van der Waals surface area contributed by atoms with Crippen LogP contribution < -0.4 is 0 Å². The van der Waals surface area contributed by atoms with Gasteiger partial charge in [0.2, 0.25) is 5.67 Å². The molecule has 0 aromatic rings. The molecule has 5 atom stereocenters. The molecule has 3 rings (SSSR count). The van der Waals surface area contributed by atoms with Crippen LogP contribution in [0.25, 0.3) is 0 Å². The second-order valence-electron chi connectivity index (χ2n) is 7.31. The number of rotatable bonds is 5. The predicted molar refractivity (Wildman–Crippen MR) is 74.8 cm³/mol. The van der Waals surface area contributed by atoms with Crippen LogP contribution in [0.1, 0.15) is 40.0 Å². The molecule has 0 spiro atoms. The zero-order chi connectivity index (χ0) is 17.0. The van der Waals surface area contributed by atoms with Crippen LogP contribution >= 0.6 is 0 Å². The molecule has 2 bridgehead atoms. The Morgan fingerprint density at radius 1 is 1.43 bits per heavy atom. The van der Waals surface area contributed by atoms with Crippen molar-refractivity contribution in [2.75, 3.05) is 6.61 Å². The van der Waals surface area contributed by atoms with Crippen LogP contribution in [0.15, 0.2) is 0 Å². The summed E-state index contributed by atoms with van der Waals surface area (Å²) in [6.07, 6.45) is -0.246. The molecule has 2 aliphatic carbocycles. The first-order valence-electron chi connectivity index (χ1n) is 7.95. The molecule has 1 heterocycles. The van der Waals surface area contributed by atoms with E-state index in [9.17, 15) is 18.8 Å². The lowest BCUT2D eigenvalue weighted by Gasteiger charge is -2.27. The second-order valence-corrected chi connectivity index (χ2v) is 7.31. The van der Waals surface area contributed by atoms with Gasteiger partial charge in [0, 0.05) is 11.8 Å². The van der Waals surface area contributed by atoms with Crippen molar-refractivity contribution in [1.29, 1.82) is 0 Å². The van der Waals surface area contributed by atoms with Gasteiger partial charge in [0.15, 0.2) is 6.61 Å². The fourth-order valence-corrected chi connectivity index (χ4v) is 3.69. The number of ether oxygens (including phenoxy) is 3. The number of carbonyl (C=O) groups excluding carboxylic acids is 3. The Morgan fingerprint density at radius 3 is 2.78 bits per heavy atom. The molecular formula is C16H21FO6. The zero-order valence-corrected chi connectivity index (χ0v) is 13.5. The molecule has 23 heavy (non-hydrogen) atoms. The summed E-state index contributed by atoms with van der Waals surface area (Å²) in [7, 11) is 0. The lowest BCUT2D eigenvalue weighted by Crippen LogP contribution is -2.42. The van der Waals surface area contributed by atoms with Crippen LogP contribution in [0.5, 0.6) is 0 Å². The lowest BCUT2D eigenvalue weighted by atomic mass is 9.85. The van der Waals surface area contributed by atoms with Crippen molar-refractivity contribution in [3.8, 4) is 0 Å². The van der Waals surface area contributed by atoms with Crippen LogP contribution in [0.4, 0.5) is 4.39 Å². The highest BCUT2D eigenvalue weighted by atomic mass is 19.1. The van der Waals surface area contributed by atoms with E-state index in [1.54, 1.807) is 13.8 Å². The molecule has 7 heteroatoms. The molecule has 0 amide bonds. The predicted octanol–water partition coefficient (Wildman–Crippen LogP) is 1.55.